The molecule has 4 rings (SSSR count). The zero-order chi connectivity index (χ0) is 24.1. The highest BCUT2D eigenvalue weighted by Crippen LogP contribution is 2.27. The minimum atomic E-state index is -0.288. The molecule has 1 amide bonds. The summed E-state index contributed by atoms with van der Waals surface area (Å²) in [6.45, 7) is 1.19. The van der Waals surface area contributed by atoms with E-state index in [2.05, 4.69) is 20.6 Å². The maximum atomic E-state index is 13.1. The fourth-order valence-electron chi connectivity index (χ4n) is 4.59. The minimum absolute atomic E-state index is 0.0150. The van der Waals surface area contributed by atoms with Crippen molar-refractivity contribution in [2.75, 3.05) is 30.5 Å². The number of nitrogens with one attached hydrogen (secondary N) is 2. The van der Waals surface area contributed by atoms with Crippen LogP contribution in [0.15, 0.2) is 24.4 Å². The van der Waals surface area contributed by atoms with Gasteiger partial charge in [-0.25, -0.2) is 4.98 Å². The predicted molar refractivity (Wildman–Crippen MR) is 131 cm³/mol. The number of ether oxygens (including phenoxy) is 1. The van der Waals surface area contributed by atoms with Crippen molar-refractivity contribution in [3.05, 3.63) is 40.5 Å². The monoisotopic (exact) mass is 489 g/mol. The highest BCUT2D eigenvalue weighted by Gasteiger charge is 2.28. The number of aliphatic hydroxyl groups is 2. The molecule has 2 aromatic rings. The van der Waals surface area contributed by atoms with Gasteiger partial charge in [0, 0.05) is 25.3 Å². The summed E-state index contributed by atoms with van der Waals surface area (Å²) in [6.07, 6.45) is 5.94. The second kappa shape index (κ2) is 11.2. The minimum Gasteiger partial charge on any atom is -0.495 e. The van der Waals surface area contributed by atoms with Gasteiger partial charge in [0.05, 0.1) is 30.9 Å². The number of rotatable bonds is 8. The quantitative estimate of drug-likeness (QED) is 0.447. The van der Waals surface area contributed by atoms with E-state index in [1.54, 1.807) is 19.4 Å². The summed E-state index contributed by atoms with van der Waals surface area (Å²) in [6, 6.07) is 5.49. The van der Waals surface area contributed by atoms with Gasteiger partial charge in [-0.2, -0.15) is 4.98 Å². The molecule has 1 saturated heterocycles. The molecule has 2 heterocycles. The van der Waals surface area contributed by atoms with Crippen LogP contribution in [0.4, 0.5) is 11.8 Å². The Balaban J connectivity index is 1.55. The maximum absolute atomic E-state index is 13.1. The summed E-state index contributed by atoms with van der Waals surface area (Å²) >= 11 is 6.26. The summed E-state index contributed by atoms with van der Waals surface area (Å²) < 4.78 is 5.22. The van der Waals surface area contributed by atoms with E-state index in [1.165, 1.54) is 0 Å². The molecule has 10 heteroatoms. The number of carbonyl (C=O) groups excluding carboxylic acids is 1. The Labute approximate surface area is 204 Å². The van der Waals surface area contributed by atoms with E-state index >= 15 is 0 Å². The van der Waals surface area contributed by atoms with Crippen LogP contribution in [-0.4, -0.2) is 64.5 Å². The third-order valence-electron chi connectivity index (χ3n) is 6.57. The van der Waals surface area contributed by atoms with Crippen molar-refractivity contribution in [2.24, 2.45) is 0 Å². The summed E-state index contributed by atoms with van der Waals surface area (Å²) in [5.41, 5.74) is 1.27. The van der Waals surface area contributed by atoms with Crippen molar-refractivity contribution in [3.8, 4) is 5.75 Å². The molecule has 0 spiro atoms. The molecule has 1 saturated carbocycles. The van der Waals surface area contributed by atoms with Crippen LogP contribution in [0.2, 0.25) is 5.02 Å². The average molecular weight is 490 g/mol. The van der Waals surface area contributed by atoms with E-state index < -0.39 is 0 Å². The number of anilines is 2. The lowest BCUT2D eigenvalue weighted by atomic mass is 9.93. The molecule has 1 aliphatic carbocycles. The van der Waals surface area contributed by atoms with Crippen LogP contribution in [0, 0.1) is 0 Å². The number of aliphatic hydroxyl groups excluding tert-OH is 2. The normalized spacial score (nSPS) is 22.5. The third kappa shape index (κ3) is 5.71. The van der Waals surface area contributed by atoms with Gasteiger partial charge in [-0.3, -0.25) is 4.79 Å². The van der Waals surface area contributed by atoms with E-state index in [0.29, 0.717) is 47.5 Å². The second-order valence-corrected chi connectivity index (χ2v) is 9.31. The Bertz CT molecular complexity index is 999. The molecule has 34 heavy (non-hydrogen) atoms. The molecule has 1 aromatic carbocycles. The molecule has 9 nitrogen and oxygen atoms in total. The van der Waals surface area contributed by atoms with Gasteiger partial charge in [0.25, 0.3) is 5.91 Å². The number of aromatic nitrogens is 2. The fourth-order valence-corrected chi connectivity index (χ4v) is 4.87. The number of amides is 1. The largest absolute Gasteiger partial charge is 0.495 e. The first-order valence-electron chi connectivity index (χ1n) is 11.8. The highest BCUT2D eigenvalue weighted by atomic mass is 35.5. The first kappa shape index (κ1) is 24.5. The lowest BCUT2D eigenvalue weighted by molar-refractivity contribution is 0.0867. The number of carbonyl (C=O) groups is 1. The smallest absolute Gasteiger partial charge is 0.256 e. The van der Waals surface area contributed by atoms with E-state index in [9.17, 15) is 15.0 Å². The molecular formula is C24H32ClN5O4. The lowest BCUT2D eigenvalue weighted by Gasteiger charge is -2.27. The van der Waals surface area contributed by atoms with E-state index in [-0.39, 0.29) is 30.7 Å². The van der Waals surface area contributed by atoms with Gasteiger partial charge < -0.3 is 30.5 Å². The molecule has 184 valence electrons. The van der Waals surface area contributed by atoms with Crippen LogP contribution in [0.1, 0.15) is 54.4 Å². The molecule has 1 atom stereocenters. The van der Waals surface area contributed by atoms with Gasteiger partial charge in [0.2, 0.25) is 5.95 Å². The number of methoxy groups -OCH3 is 1. The molecule has 2 aliphatic rings. The molecule has 1 aliphatic heterocycles. The molecule has 1 aromatic heterocycles. The van der Waals surface area contributed by atoms with Crippen molar-refractivity contribution >= 4 is 29.3 Å². The van der Waals surface area contributed by atoms with Crippen LogP contribution in [-0.2, 0) is 6.54 Å². The van der Waals surface area contributed by atoms with Crippen LogP contribution in [0.5, 0.6) is 5.75 Å². The molecule has 0 unspecified atom stereocenters. The Morgan fingerprint density at radius 2 is 2.06 bits per heavy atom. The zero-order valence-corrected chi connectivity index (χ0v) is 20.1. The third-order valence-corrected chi connectivity index (χ3v) is 6.87. The number of hydrogen-bond acceptors (Lipinski definition) is 8. The van der Waals surface area contributed by atoms with Crippen LogP contribution >= 0.6 is 11.6 Å². The van der Waals surface area contributed by atoms with Crippen molar-refractivity contribution in [1.29, 1.82) is 0 Å². The number of hydrogen-bond donors (Lipinski definition) is 4. The van der Waals surface area contributed by atoms with Gasteiger partial charge in [0.15, 0.2) is 0 Å². The van der Waals surface area contributed by atoms with E-state index in [1.807, 2.05) is 17.0 Å². The first-order valence-corrected chi connectivity index (χ1v) is 12.2. The topological polar surface area (TPSA) is 120 Å². The maximum Gasteiger partial charge on any atom is 0.256 e. The summed E-state index contributed by atoms with van der Waals surface area (Å²) in [5.74, 6) is 1.26. The lowest BCUT2D eigenvalue weighted by Crippen LogP contribution is -2.39. The summed E-state index contributed by atoms with van der Waals surface area (Å²) in [7, 11) is 1.57. The van der Waals surface area contributed by atoms with Gasteiger partial charge in [-0.15, -0.1) is 0 Å². The second-order valence-electron chi connectivity index (χ2n) is 8.91. The summed E-state index contributed by atoms with van der Waals surface area (Å²) in [4.78, 5) is 24.3. The predicted octanol–water partition coefficient (Wildman–Crippen LogP) is 2.75. The van der Waals surface area contributed by atoms with Gasteiger partial charge >= 0.3 is 0 Å². The number of nitrogens with zero attached hydrogens (tertiary/aromatic N) is 3. The fraction of sp³-hybridized carbons (Fsp3) is 0.542. The van der Waals surface area contributed by atoms with Crippen LogP contribution in [0.25, 0.3) is 0 Å². The van der Waals surface area contributed by atoms with Gasteiger partial charge in [-0.1, -0.05) is 17.7 Å². The molecule has 0 radical (unpaired) electrons. The molecule has 0 bridgehead atoms. The Hall–Kier alpha value is -2.62. The van der Waals surface area contributed by atoms with E-state index in [4.69, 9.17) is 16.3 Å². The standard InChI is InChI=1S/C24H32ClN5O4/c1-34-21-9-4-15(11-20(21)25)12-26-22-19(23(33)28-16-5-7-18(32)8-6-16)13-27-24(29-22)30-10-2-3-17(30)14-31/h4,9,11,13,16-18,31-32H,2-3,5-8,10,12,14H2,1H3,(H,28,33)(H,26,27,29)/t16?,17-,18?/m0/s1. The van der Waals surface area contributed by atoms with E-state index in [0.717, 1.165) is 37.8 Å². The molecular weight excluding hydrogens is 458 g/mol. The van der Waals surface area contributed by atoms with Gasteiger partial charge in [0.1, 0.15) is 17.1 Å². The SMILES string of the molecule is COc1ccc(CNc2nc(N3CCC[C@H]3CO)ncc2C(=O)NC2CCC(O)CC2)cc1Cl. The molecule has 2 fully saturated rings. The Morgan fingerprint density at radius 3 is 2.76 bits per heavy atom. The van der Waals surface area contributed by atoms with Crippen LogP contribution in [0.3, 0.4) is 0 Å². The first-order chi connectivity index (χ1) is 16.5. The molecule has 4 N–H and O–H groups in total. The Kier molecular flexibility index (Phi) is 8.07. The van der Waals surface area contributed by atoms with Crippen molar-refractivity contribution in [3.63, 3.8) is 0 Å². The van der Waals surface area contributed by atoms with Crippen molar-refractivity contribution in [2.45, 2.75) is 63.3 Å². The van der Waals surface area contributed by atoms with Crippen LogP contribution < -0.4 is 20.3 Å². The van der Waals surface area contributed by atoms with Crippen molar-refractivity contribution < 1.29 is 19.7 Å². The Morgan fingerprint density at radius 1 is 1.26 bits per heavy atom. The highest BCUT2D eigenvalue weighted by molar-refractivity contribution is 6.32. The summed E-state index contributed by atoms with van der Waals surface area (Å²) in [5, 5.41) is 26.3. The zero-order valence-electron chi connectivity index (χ0n) is 19.3. The number of halogens is 1. The van der Waals surface area contributed by atoms with Crippen molar-refractivity contribution in [1.82, 2.24) is 15.3 Å². The number of benzene rings is 1. The average Bonchev–Trinajstić information content (AvgIpc) is 3.33. The van der Waals surface area contributed by atoms with Gasteiger partial charge in [-0.05, 0) is 56.2 Å².